The Bertz CT molecular complexity index is 273. The van der Waals surface area contributed by atoms with Gasteiger partial charge >= 0.3 is 0 Å². The lowest BCUT2D eigenvalue weighted by molar-refractivity contribution is 0.0743. The number of hydrogen-bond donors (Lipinski definition) is 1. The zero-order valence-electron chi connectivity index (χ0n) is 10.6. The first-order valence-corrected chi connectivity index (χ1v) is 6.11. The van der Waals surface area contributed by atoms with E-state index in [2.05, 4.69) is 49.5 Å². The Labute approximate surface area is 99.0 Å². The average Bonchev–Trinajstić information content (AvgIpc) is 2.28. The molecule has 0 aromatic heterocycles. The fraction of sp³-hybridized carbons (Fsp3) is 0.571. The molecule has 0 amide bonds. The van der Waals surface area contributed by atoms with E-state index in [-0.39, 0.29) is 0 Å². The molecule has 16 heavy (non-hydrogen) atoms. The van der Waals surface area contributed by atoms with Gasteiger partial charge in [-0.1, -0.05) is 30.3 Å². The van der Waals surface area contributed by atoms with Crippen molar-refractivity contribution in [3.8, 4) is 0 Å². The monoisotopic (exact) mass is 221 g/mol. The second kappa shape index (κ2) is 7.42. The summed E-state index contributed by atoms with van der Waals surface area (Å²) in [7, 11) is 0. The number of nitrogens with one attached hydrogen (secondary N) is 1. The minimum Gasteiger partial charge on any atom is -0.377 e. The second-order valence-electron chi connectivity index (χ2n) is 4.26. The van der Waals surface area contributed by atoms with Gasteiger partial charge in [0.05, 0.1) is 6.10 Å². The normalized spacial score (nSPS) is 14.7. The lowest BCUT2D eigenvalue weighted by Crippen LogP contribution is -2.35. The summed E-state index contributed by atoms with van der Waals surface area (Å²) < 4.78 is 5.48. The van der Waals surface area contributed by atoms with Crippen LogP contribution in [0.2, 0.25) is 0 Å². The van der Waals surface area contributed by atoms with Crippen LogP contribution in [0, 0.1) is 0 Å². The fourth-order valence-electron chi connectivity index (χ4n) is 1.75. The van der Waals surface area contributed by atoms with Gasteiger partial charge in [-0.05, 0) is 32.8 Å². The van der Waals surface area contributed by atoms with Crippen LogP contribution in [0.15, 0.2) is 30.3 Å². The number of hydrogen-bond acceptors (Lipinski definition) is 2. The summed E-state index contributed by atoms with van der Waals surface area (Å²) in [6.45, 7) is 8.05. The molecule has 90 valence electrons. The molecule has 0 aliphatic carbocycles. The van der Waals surface area contributed by atoms with Crippen molar-refractivity contribution < 1.29 is 4.74 Å². The molecule has 1 N–H and O–H groups in total. The Balaban J connectivity index is 2.23. The average molecular weight is 221 g/mol. The van der Waals surface area contributed by atoms with Gasteiger partial charge in [-0.25, -0.2) is 0 Å². The lowest BCUT2D eigenvalue weighted by Gasteiger charge is -2.17. The van der Waals surface area contributed by atoms with Crippen molar-refractivity contribution in [3.63, 3.8) is 0 Å². The Morgan fingerprint density at radius 2 is 1.88 bits per heavy atom. The highest BCUT2D eigenvalue weighted by atomic mass is 16.5. The van der Waals surface area contributed by atoms with Crippen LogP contribution in [-0.2, 0) is 11.2 Å². The van der Waals surface area contributed by atoms with E-state index in [0.29, 0.717) is 12.1 Å². The van der Waals surface area contributed by atoms with Crippen LogP contribution in [0.4, 0.5) is 0 Å². The minimum absolute atomic E-state index is 0.295. The molecule has 0 heterocycles. The molecule has 0 saturated carbocycles. The SMILES string of the molecule is CCOC(C)CNC(C)Cc1ccccc1. The quantitative estimate of drug-likeness (QED) is 0.764. The van der Waals surface area contributed by atoms with Crippen LogP contribution in [0.3, 0.4) is 0 Å². The summed E-state index contributed by atoms with van der Waals surface area (Å²) in [5.41, 5.74) is 1.38. The summed E-state index contributed by atoms with van der Waals surface area (Å²) in [6.07, 6.45) is 1.36. The maximum Gasteiger partial charge on any atom is 0.0671 e. The Hall–Kier alpha value is -0.860. The van der Waals surface area contributed by atoms with E-state index in [1.165, 1.54) is 5.56 Å². The summed E-state index contributed by atoms with van der Waals surface area (Å²) in [6, 6.07) is 11.1. The van der Waals surface area contributed by atoms with E-state index in [4.69, 9.17) is 4.74 Å². The molecule has 0 fully saturated rings. The van der Waals surface area contributed by atoms with Gasteiger partial charge in [0.2, 0.25) is 0 Å². The lowest BCUT2D eigenvalue weighted by atomic mass is 10.1. The van der Waals surface area contributed by atoms with Gasteiger partial charge in [0, 0.05) is 19.2 Å². The molecular weight excluding hydrogens is 198 g/mol. The molecule has 2 unspecified atom stereocenters. The van der Waals surface area contributed by atoms with E-state index >= 15 is 0 Å². The first kappa shape index (κ1) is 13.2. The second-order valence-corrected chi connectivity index (χ2v) is 4.26. The van der Waals surface area contributed by atoms with Gasteiger partial charge in [-0.2, -0.15) is 0 Å². The Morgan fingerprint density at radius 3 is 2.50 bits per heavy atom. The molecule has 0 aliphatic heterocycles. The maximum atomic E-state index is 5.48. The van der Waals surface area contributed by atoms with Crippen molar-refractivity contribution in [2.45, 2.75) is 39.3 Å². The summed E-state index contributed by atoms with van der Waals surface area (Å²) in [5.74, 6) is 0. The highest BCUT2D eigenvalue weighted by Crippen LogP contribution is 2.02. The molecule has 1 rings (SSSR count). The zero-order chi connectivity index (χ0) is 11.8. The minimum atomic E-state index is 0.295. The van der Waals surface area contributed by atoms with E-state index < -0.39 is 0 Å². The third kappa shape index (κ3) is 5.29. The molecule has 0 aliphatic rings. The van der Waals surface area contributed by atoms with Gasteiger partial charge in [0.25, 0.3) is 0 Å². The van der Waals surface area contributed by atoms with E-state index in [0.717, 1.165) is 19.6 Å². The van der Waals surface area contributed by atoms with Crippen LogP contribution < -0.4 is 5.32 Å². The van der Waals surface area contributed by atoms with E-state index in [9.17, 15) is 0 Å². The zero-order valence-corrected chi connectivity index (χ0v) is 10.6. The fourth-order valence-corrected chi connectivity index (χ4v) is 1.75. The number of rotatable bonds is 7. The number of ether oxygens (including phenoxy) is 1. The van der Waals surface area contributed by atoms with E-state index in [1.54, 1.807) is 0 Å². The summed E-state index contributed by atoms with van der Waals surface area (Å²) >= 11 is 0. The maximum absolute atomic E-state index is 5.48. The smallest absolute Gasteiger partial charge is 0.0671 e. The predicted octanol–water partition coefficient (Wildman–Crippen LogP) is 2.63. The van der Waals surface area contributed by atoms with Gasteiger partial charge in [0.1, 0.15) is 0 Å². The molecule has 0 bridgehead atoms. The largest absolute Gasteiger partial charge is 0.377 e. The van der Waals surface area contributed by atoms with Crippen LogP contribution in [0.25, 0.3) is 0 Å². The van der Waals surface area contributed by atoms with Gasteiger partial charge < -0.3 is 10.1 Å². The molecule has 1 aromatic carbocycles. The molecule has 0 radical (unpaired) electrons. The van der Waals surface area contributed by atoms with Gasteiger partial charge in [-0.3, -0.25) is 0 Å². The first-order valence-electron chi connectivity index (χ1n) is 6.11. The van der Waals surface area contributed by atoms with Gasteiger partial charge in [-0.15, -0.1) is 0 Å². The van der Waals surface area contributed by atoms with E-state index in [1.807, 2.05) is 6.92 Å². The van der Waals surface area contributed by atoms with Crippen LogP contribution in [-0.4, -0.2) is 25.3 Å². The highest BCUT2D eigenvalue weighted by molar-refractivity contribution is 5.15. The Kier molecular flexibility index (Phi) is 6.12. The highest BCUT2D eigenvalue weighted by Gasteiger charge is 2.05. The third-order valence-electron chi connectivity index (χ3n) is 2.59. The molecule has 0 spiro atoms. The molecule has 1 aromatic rings. The van der Waals surface area contributed by atoms with Crippen molar-refractivity contribution >= 4 is 0 Å². The standard InChI is InChI=1S/C14H23NO/c1-4-16-13(3)11-15-12(2)10-14-8-6-5-7-9-14/h5-9,12-13,15H,4,10-11H2,1-3H3. The molecule has 2 atom stereocenters. The number of benzene rings is 1. The van der Waals surface area contributed by atoms with Crippen molar-refractivity contribution in [1.29, 1.82) is 0 Å². The van der Waals surface area contributed by atoms with Crippen LogP contribution >= 0.6 is 0 Å². The molecule has 2 heteroatoms. The van der Waals surface area contributed by atoms with Crippen molar-refractivity contribution in [2.24, 2.45) is 0 Å². The van der Waals surface area contributed by atoms with Crippen LogP contribution in [0.1, 0.15) is 26.3 Å². The van der Waals surface area contributed by atoms with Crippen molar-refractivity contribution in [3.05, 3.63) is 35.9 Å². The molecular formula is C14H23NO. The first-order chi connectivity index (χ1) is 7.72. The van der Waals surface area contributed by atoms with Gasteiger partial charge in [0.15, 0.2) is 0 Å². The Morgan fingerprint density at radius 1 is 1.19 bits per heavy atom. The predicted molar refractivity (Wildman–Crippen MR) is 68.7 cm³/mol. The van der Waals surface area contributed by atoms with Crippen LogP contribution in [0.5, 0.6) is 0 Å². The third-order valence-corrected chi connectivity index (χ3v) is 2.59. The van der Waals surface area contributed by atoms with Crippen molar-refractivity contribution in [1.82, 2.24) is 5.32 Å². The summed E-state index contributed by atoms with van der Waals surface area (Å²) in [4.78, 5) is 0. The molecule has 0 saturated heterocycles. The molecule has 2 nitrogen and oxygen atoms in total. The topological polar surface area (TPSA) is 21.3 Å². The summed E-state index contributed by atoms with van der Waals surface area (Å²) in [5, 5.41) is 3.49. The van der Waals surface area contributed by atoms with Crippen molar-refractivity contribution in [2.75, 3.05) is 13.2 Å².